The maximum Gasteiger partial charge on any atom is 0.317 e. The Hall–Kier alpha value is -1.88. The molecule has 3 rings (SSSR count). The highest BCUT2D eigenvalue weighted by molar-refractivity contribution is 5.75. The molecule has 0 aromatic heterocycles. The van der Waals surface area contributed by atoms with Gasteiger partial charge in [-0.1, -0.05) is 37.1 Å². The van der Waals surface area contributed by atoms with Crippen molar-refractivity contribution in [1.82, 2.24) is 15.5 Å². The zero-order valence-electron chi connectivity index (χ0n) is 15.4. The molecule has 0 bridgehead atoms. The van der Waals surface area contributed by atoms with Gasteiger partial charge >= 0.3 is 6.03 Å². The molecule has 2 aliphatic rings. The highest BCUT2D eigenvalue weighted by Crippen LogP contribution is 2.19. The number of carbonyl (C=O) groups excluding carboxylic acids is 1. The molecule has 26 heavy (non-hydrogen) atoms. The summed E-state index contributed by atoms with van der Waals surface area (Å²) >= 11 is 0. The molecule has 1 aromatic carbocycles. The van der Waals surface area contributed by atoms with Crippen LogP contribution in [0.25, 0.3) is 6.08 Å². The Labute approximate surface area is 155 Å². The van der Waals surface area contributed by atoms with Gasteiger partial charge in [0.1, 0.15) is 5.82 Å². The van der Waals surface area contributed by atoms with Crippen molar-refractivity contribution in [2.75, 3.05) is 26.2 Å². The number of amides is 2. The van der Waals surface area contributed by atoms with Crippen molar-refractivity contribution >= 4 is 12.1 Å². The van der Waals surface area contributed by atoms with Crippen molar-refractivity contribution in [2.45, 2.75) is 44.6 Å². The molecule has 0 unspecified atom stereocenters. The first kappa shape index (κ1) is 18.9. The van der Waals surface area contributed by atoms with E-state index in [1.807, 2.05) is 17.1 Å². The van der Waals surface area contributed by atoms with E-state index in [2.05, 4.69) is 10.6 Å². The predicted molar refractivity (Wildman–Crippen MR) is 103 cm³/mol. The van der Waals surface area contributed by atoms with Crippen LogP contribution in [0, 0.1) is 11.7 Å². The summed E-state index contributed by atoms with van der Waals surface area (Å²) in [5, 5.41) is 6.59. The van der Waals surface area contributed by atoms with Gasteiger partial charge in [-0.05, 0) is 62.4 Å². The molecule has 2 amide bonds. The number of nitrogens with one attached hydrogen (secondary N) is 2. The van der Waals surface area contributed by atoms with Crippen LogP contribution >= 0.6 is 0 Å². The van der Waals surface area contributed by atoms with E-state index in [0.717, 1.165) is 50.9 Å². The summed E-state index contributed by atoms with van der Waals surface area (Å²) in [6.45, 7) is 3.45. The summed E-state index contributed by atoms with van der Waals surface area (Å²) in [4.78, 5) is 14.7. The Morgan fingerprint density at radius 1 is 1.15 bits per heavy atom. The Morgan fingerprint density at radius 3 is 2.54 bits per heavy atom. The Bertz CT molecular complexity index is 590. The van der Waals surface area contributed by atoms with Crippen molar-refractivity contribution in [3.05, 3.63) is 41.7 Å². The van der Waals surface area contributed by atoms with E-state index in [4.69, 9.17) is 0 Å². The fourth-order valence-electron chi connectivity index (χ4n) is 3.84. The number of carbonyl (C=O) groups is 1. The van der Waals surface area contributed by atoms with Crippen LogP contribution in [0.15, 0.2) is 30.3 Å². The van der Waals surface area contributed by atoms with Gasteiger partial charge in [0.15, 0.2) is 0 Å². The van der Waals surface area contributed by atoms with Gasteiger partial charge in [-0.2, -0.15) is 0 Å². The van der Waals surface area contributed by atoms with Gasteiger partial charge in [0.25, 0.3) is 0 Å². The summed E-state index contributed by atoms with van der Waals surface area (Å²) in [7, 11) is 0. The average molecular weight is 359 g/mol. The van der Waals surface area contributed by atoms with Gasteiger partial charge in [0.05, 0.1) is 0 Å². The molecule has 0 spiro atoms. The van der Waals surface area contributed by atoms with Crippen LogP contribution in [-0.2, 0) is 0 Å². The van der Waals surface area contributed by atoms with Crippen LogP contribution in [0.5, 0.6) is 0 Å². The van der Waals surface area contributed by atoms with Crippen LogP contribution < -0.4 is 10.6 Å². The number of rotatable bonds is 6. The lowest BCUT2D eigenvalue weighted by Gasteiger charge is -2.30. The number of piperidine rings is 1. The van der Waals surface area contributed by atoms with Crippen LogP contribution in [-0.4, -0.2) is 43.2 Å². The van der Waals surface area contributed by atoms with Crippen molar-refractivity contribution in [2.24, 2.45) is 5.92 Å². The van der Waals surface area contributed by atoms with Crippen molar-refractivity contribution in [1.29, 1.82) is 0 Å². The zero-order chi connectivity index (χ0) is 18.2. The minimum Gasteiger partial charge on any atom is -0.335 e. The minimum absolute atomic E-state index is 0.0548. The minimum atomic E-state index is -0.231. The van der Waals surface area contributed by atoms with Crippen molar-refractivity contribution in [3.8, 4) is 0 Å². The van der Waals surface area contributed by atoms with Crippen LogP contribution in [0.2, 0.25) is 0 Å². The molecule has 2 fully saturated rings. The normalized spacial score (nSPS) is 19.1. The number of urea groups is 1. The van der Waals surface area contributed by atoms with E-state index < -0.39 is 0 Å². The lowest BCUT2D eigenvalue weighted by atomic mass is 9.97. The summed E-state index contributed by atoms with van der Waals surface area (Å²) < 4.78 is 13.0. The first-order valence-electron chi connectivity index (χ1n) is 9.89. The van der Waals surface area contributed by atoms with Gasteiger partial charge in [-0.25, -0.2) is 9.18 Å². The topological polar surface area (TPSA) is 44.4 Å². The second kappa shape index (κ2) is 9.72. The van der Waals surface area contributed by atoms with Gasteiger partial charge in [0.2, 0.25) is 0 Å². The third kappa shape index (κ3) is 5.84. The zero-order valence-corrected chi connectivity index (χ0v) is 15.4. The lowest BCUT2D eigenvalue weighted by Crippen LogP contribution is -2.47. The fraction of sp³-hybridized carbons (Fsp3) is 0.571. The predicted octanol–water partition coefficient (Wildman–Crippen LogP) is 3.79. The summed E-state index contributed by atoms with van der Waals surface area (Å²) in [6, 6.07) is 6.81. The summed E-state index contributed by atoms with van der Waals surface area (Å²) in [5.41, 5.74) is 0.949. The van der Waals surface area contributed by atoms with Crippen LogP contribution in [0.3, 0.4) is 0 Å². The largest absolute Gasteiger partial charge is 0.335 e. The SMILES string of the molecule is O=C(NC1CCCC1)N(C/C=C/c1ccc(F)cc1)CC1CCNCC1. The van der Waals surface area contributed by atoms with E-state index in [-0.39, 0.29) is 11.8 Å². The maximum atomic E-state index is 13.0. The third-order valence-electron chi connectivity index (χ3n) is 5.41. The Balaban J connectivity index is 1.58. The highest BCUT2D eigenvalue weighted by atomic mass is 19.1. The number of nitrogens with zero attached hydrogens (tertiary/aromatic N) is 1. The lowest BCUT2D eigenvalue weighted by molar-refractivity contribution is 0.183. The second-order valence-corrected chi connectivity index (χ2v) is 7.48. The van der Waals surface area contributed by atoms with E-state index >= 15 is 0 Å². The molecule has 1 aromatic rings. The molecule has 2 N–H and O–H groups in total. The number of hydrogen-bond donors (Lipinski definition) is 2. The Morgan fingerprint density at radius 2 is 1.85 bits per heavy atom. The van der Waals surface area contributed by atoms with Crippen LogP contribution in [0.1, 0.15) is 44.1 Å². The molecular weight excluding hydrogens is 329 g/mol. The molecule has 0 atom stereocenters. The molecule has 1 saturated heterocycles. The second-order valence-electron chi connectivity index (χ2n) is 7.48. The summed E-state index contributed by atoms with van der Waals surface area (Å²) in [6.07, 6.45) is 10.8. The Kier molecular flexibility index (Phi) is 7.06. The summed E-state index contributed by atoms with van der Waals surface area (Å²) in [5.74, 6) is 0.329. The number of halogens is 1. The quantitative estimate of drug-likeness (QED) is 0.812. The molecule has 1 aliphatic carbocycles. The fourth-order valence-corrected chi connectivity index (χ4v) is 3.84. The smallest absolute Gasteiger partial charge is 0.317 e. The monoisotopic (exact) mass is 359 g/mol. The molecule has 1 aliphatic heterocycles. The third-order valence-corrected chi connectivity index (χ3v) is 5.41. The molecule has 4 nitrogen and oxygen atoms in total. The van der Waals surface area contributed by atoms with Gasteiger partial charge in [-0.3, -0.25) is 0 Å². The maximum absolute atomic E-state index is 13.0. The molecular formula is C21H30FN3O. The first-order valence-corrected chi connectivity index (χ1v) is 9.89. The standard InChI is InChI=1S/C21H30FN3O/c22-19-9-7-17(8-10-19)4-3-15-25(16-18-11-13-23-14-12-18)21(26)24-20-5-1-2-6-20/h3-4,7-10,18,20,23H,1-2,5-6,11-16H2,(H,24,26)/b4-3+. The van der Waals surface area contributed by atoms with Crippen LogP contribution in [0.4, 0.5) is 9.18 Å². The number of benzene rings is 1. The molecule has 1 saturated carbocycles. The molecule has 1 heterocycles. The van der Waals surface area contributed by atoms with E-state index in [1.165, 1.54) is 25.0 Å². The highest BCUT2D eigenvalue weighted by Gasteiger charge is 2.23. The van der Waals surface area contributed by atoms with Gasteiger partial charge in [-0.15, -0.1) is 0 Å². The van der Waals surface area contributed by atoms with Gasteiger partial charge < -0.3 is 15.5 Å². The molecule has 5 heteroatoms. The molecule has 0 radical (unpaired) electrons. The van der Waals surface area contributed by atoms with E-state index in [0.29, 0.717) is 18.5 Å². The number of hydrogen-bond acceptors (Lipinski definition) is 2. The average Bonchev–Trinajstić information content (AvgIpc) is 3.16. The van der Waals surface area contributed by atoms with Gasteiger partial charge in [0, 0.05) is 19.1 Å². The van der Waals surface area contributed by atoms with E-state index in [1.54, 1.807) is 12.1 Å². The molecule has 142 valence electrons. The van der Waals surface area contributed by atoms with E-state index in [9.17, 15) is 9.18 Å². The van der Waals surface area contributed by atoms with Crippen molar-refractivity contribution in [3.63, 3.8) is 0 Å². The first-order chi connectivity index (χ1) is 12.7. The van der Waals surface area contributed by atoms with Crippen molar-refractivity contribution < 1.29 is 9.18 Å².